The van der Waals surface area contributed by atoms with Gasteiger partial charge in [-0.25, -0.2) is 9.97 Å². The summed E-state index contributed by atoms with van der Waals surface area (Å²) in [6.07, 6.45) is 3.96. The number of nitrogens with two attached hydrogens (primary N) is 1. The van der Waals surface area contributed by atoms with Gasteiger partial charge < -0.3 is 24.8 Å². The standard InChI is InChI=1S/C30H36N6O/c1-21-27(24-9-6-10-26(17-24)37-19-22-7-4-3-5-8-22)28-29(31)32-20-33-30(28)36(21)25-15-23(16-25)18-35-13-11-34(2)12-14-35/h3-10,17,20,23,25H,11-16,18-19H2,1-2H3,(H2,31,32,33)/t23-,25+. The molecule has 2 aliphatic rings. The molecular formula is C30H36N6O. The van der Waals surface area contributed by atoms with E-state index in [9.17, 15) is 0 Å². The Balaban J connectivity index is 1.25. The lowest BCUT2D eigenvalue weighted by atomic mass is 9.79. The van der Waals surface area contributed by atoms with Gasteiger partial charge in [-0.1, -0.05) is 42.5 Å². The monoisotopic (exact) mass is 496 g/mol. The minimum absolute atomic E-state index is 0.445. The predicted molar refractivity (Wildman–Crippen MR) is 149 cm³/mol. The Morgan fingerprint density at radius 1 is 0.973 bits per heavy atom. The molecule has 0 amide bonds. The first kappa shape index (κ1) is 23.9. The molecule has 3 heterocycles. The number of rotatable bonds is 7. The summed E-state index contributed by atoms with van der Waals surface area (Å²) in [4.78, 5) is 14.1. The fourth-order valence-corrected chi connectivity index (χ4v) is 6.01. The molecule has 37 heavy (non-hydrogen) atoms. The molecule has 7 heteroatoms. The number of benzene rings is 2. The highest BCUT2D eigenvalue weighted by molar-refractivity contribution is 6.02. The first-order valence-electron chi connectivity index (χ1n) is 13.4. The highest BCUT2D eigenvalue weighted by atomic mass is 16.5. The first-order chi connectivity index (χ1) is 18.1. The van der Waals surface area contributed by atoms with Gasteiger partial charge in [0.25, 0.3) is 0 Å². The minimum Gasteiger partial charge on any atom is -0.489 e. The van der Waals surface area contributed by atoms with E-state index in [0.717, 1.165) is 39.4 Å². The largest absolute Gasteiger partial charge is 0.489 e. The second kappa shape index (κ2) is 10.1. The van der Waals surface area contributed by atoms with Gasteiger partial charge in [0.15, 0.2) is 0 Å². The third kappa shape index (κ3) is 4.81. The number of hydrogen-bond acceptors (Lipinski definition) is 6. The van der Waals surface area contributed by atoms with Gasteiger partial charge in [0.1, 0.15) is 30.1 Å². The van der Waals surface area contributed by atoms with Crippen LogP contribution in [0.1, 0.15) is 30.1 Å². The summed E-state index contributed by atoms with van der Waals surface area (Å²) in [6, 6.07) is 19.0. The number of hydrogen-bond donors (Lipinski definition) is 1. The van der Waals surface area contributed by atoms with Crippen molar-refractivity contribution in [3.8, 4) is 16.9 Å². The molecule has 0 spiro atoms. The average Bonchev–Trinajstić information content (AvgIpc) is 3.19. The van der Waals surface area contributed by atoms with Crippen molar-refractivity contribution in [1.82, 2.24) is 24.3 Å². The smallest absolute Gasteiger partial charge is 0.146 e. The van der Waals surface area contributed by atoms with E-state index >= 15 is 0 Å². The molecule has 2 aromatic heterocycles. The van der Waals surface area contributed by atoms with Gasteiger partial charge >= 0.3 is 0 Å². The highest BCUT2D eigenvalue weighted by Crippen LogP contribution is 2.45. The zero-order chi connectivity index (χ0) is 25.4. The van der Waals surface area contributed by atoms with Gasteiger partial charge in [-0.15, -0.1) is 0 Å². The van der Waals surface area contributed by atoms with Crippen LogP contribution in [0.25, 0.3) is 22.2 Å². The highest BCUT2D eigenvalue weighted by Gasteiger charge is 2.35. The summed E-state index contributed by atoms with van der Waals surface area (Å²) >= 11 is 0. The first-order valence-corrected chi connectivity index (χ1v) is 13.4. The van der Waals surface area contributed by atoms with E-state index in [1.807, 2.05) is 30.3 Å². The summed E-state index contributed by atoms with van der Waals surface area (Å²) in [5.41, 5.74) is 12.0. The van der Waals surface area contributed by atoms with Gasteiger partial charge in [-0.3, -0.25) is 0 Å². The molecule has 2 aromatic carbocycles. The Labute approximate surface area is 218 Å². The molecular weight excluding hydrogens is 460 g/mol. The van der Waals surface area contributed by atoms with Crippen molar-refractivity contribution >= 4 is 16.9 Å². The zero-order valence-electron chi connectivity index (χ0n) is 21.8. The Morgan fingerprint density at radius 3 is 2.54 bits per heavy atom. The summed E-state index contributed by atoms with van der Waals surface area (Å²) in [5.74, 6) is 2.11. The molecule has 2 fully saturated rings. The number of aromatic nitrogens is 3. The van der Waals surface area contributed by atoms with Crippen molar-refractivity contribution in [2.24, 2.45) is 5.92 Å². The van der Waals surface area contributed by atoms with Crippen LogP contribution in [0.15, 0.2) is 60.9 Å². The topological polar surface area (TPSA) is 72.4 Å². The third-order valence-corrected chi connectivity index (χ3v) is 8.12. The van der Waals surface area contributed by atoms with E-state index in [2.05, 4.69) is 57.6 Å². The van der Waals surface area contributed by atoms with E-state index in [-0.39, 0.29) is 0 Å². The van der Waals surface area contributed by atoms with Crippen LogP contribution >= 0.6 is 0 Å². The number of fused-ring (bicyclic) bond motifs is 1. The van der Waals surface area contributed by atoms with E-state index in [0.29, 0.717) is 18.5 Å². The van der Waals surface area contributed by atoms with E-state index < -0.39 is 0 Å². The Hall–Kier alpha value is -3.42. The van der Waals surface area contributed by atoms with Crippen LogP contribution in [0, 0.1) is 12.8 Å². The number of nitrogens with zero attached hydrogens (tertiary/aromatic N) is 5. The van der Waals surface area contributed by atoms with Crippen LogP contribution in [0.3, 0.4) is 0 Å². The second-order valence-electron chi connectivity index (χ2n) is 10.7. The van der Waals surface area contributed by atoms with Gasteiger partial charge in [-0.05, 0) is 56.0 Å². The number of ether oxygens (including phenoxy) is 1. The van der Waals surface area contributed by atoms with Crippen molar-refractivity contribution in [3.05, 3.63) is 72.2 Å². The van der Waals surface area contributed by atoms with Crippen molar-refractivity contribution in [1.29, 1.82) is 0 Å². The van der Waals surface area contributed by atoms with Gasteiger partial charge in [0, 0.05) is 50.0 Å². The molecule has 0 radical (unpaired) electrons. The SMILES string of the molecule is Cc1c(-c2cccc(OCc3ccccc3)c2)c2c(N)ncnc2n1[C@H]1C[C@@H](CN2CCN(C)CC2)C1. The molecule has 0 atom stereocenters. The molecule has 1 aliphatic carbocycles. The number of likely N-dealkylation sites (N-methyl/N-ethyl adjacent to an activating group) is 1. The van der Waals surface area contributed by atoms with Crippen molar-refractivity contribution < 1.29 is 4.74 Å². The molecule has 1 saturated carbocycles. The molecule has 2 N–H and O–H groups in total. The molecule has 192 valence electrons. The lowest BCUT2D eigenvalue weighted by Crippen LogP contribution is -2.47. The summed E-state index contributed by atoms with van der Waals surface area (Å²) in [5, 5.41) is 0.947. The molecule has 0 bridgehead atoms. The lowest BCUT2D eigenvalue weighted by molar-refractivity contribution is 0.0915. The average molecular weight is 497 g/mol. The quantitative estimate of drug-likeness (QED) is 0.398. The maximum atomic E-state index is 6.46. The Bertz CT molecular complexity index is 1370. The van der Waals surface area contributed by atoms with E-state index in [1.165, 1.54) is 51.3 Å². The Kier molecular flexibility index (Phi) is 6.57. The van der Waals surface area contributed by atoms with E-state index in [1.54, 1.807) is 6.33 Å². The van der Waals surface area contributed by atoms with Gasteiger partial charge in [0.05, 0.1) is 5.39 Å². The van der Waals surface area contributed by atoms with Crippen molar-refractivity contribution in [3.63, 3.8) is 0 Å². The maximum Gasteiger partial charge on any atom is 0.146 e. The zero-order valence-corrected chi connectivity index (χ0v) is 21.8. The number of nitrogen functional groups attached to an aromatic ring is 1. The molecule has 6 rings (SSSR count). The fraction of sp³-hybridized carbons (Fsp3) is 0.400. The van der Waals surface area contributed by atoms with Crippen LogP contribution in [-0.4, -0.2) is 64.1 Å². The van der Waals surface area contributed by atoms with Crippen LogP contribution in [0.4, 0.5) is 5.82 Å². The minimum atomic E-state index is 0.445. The van der Waals surface area contributed by atoms with Crippen LogP contribution in [0.2, 0.25) is 0 Å². The molecule has 1 aliphatic heterocycles. The molecule has 4 aromatic rings. The lowest BCUT2D eigenvalue weighted by Gasteiger charge is -2.42. The summed E-state index contributed by atoms with van der Waals surface area (Å²) in [7, 11) is 2.22. The van der Waals surface area contributed by atoms with E-state index in [4.69, 9.17) is 15.5 Å². The maximum absolute atomic E-state index is 6.46. The van der Waals surface area contributed by atoms with Crippen LogP contribution in [-0.2, 0) is 6.61 Å². The fourth-order valence-electron chi connectivity index (χ4n) is 6.01. The van der Waals surface area contributed by atoms with Crippen LogP contribution in [0.5, 0.6) is 5.75 Å². The van der Waals surface area contributed by atoms with Gasteiger partial charge in [-0.2, -0.15) is 0 Å². The van der Waals surface area contributed by atoms with Gasteiger partial charge in [0.2, 0.25) is 0 Å². The normalized spacial score (nSPS) is 20.7. The van der Waals surface area contributed by atoms with Crippen molar-refractivity contribution in [2.75, 3.05) is 45.5 Å². The van der Waals surface area contributed by atoms with Crippen molar-refractivity contribution in [2.45, 2.75) is 32.4 Å². The molecule has 1 saturated heterocycles. The number of anilines is 1. The summed E-state index contributed by atoms with van der Waals surface area (Å²) in [6.45, 7) is 8.64. The third-order valence-electron chi connectivity index (χ3n) is 8.12. The predicted octanol–water partition coefficient (Wildman–Crippen LogP) is 4.77. The molecule has 7 nitrogen and oxygen atoms in total. The Morgan fingerprint density at radius 2 is 1.76 bits per heavy atom. The second-order valence-corrected chi connectivity index (χ2v) is 10.7. The number of piperazine rings is 1. The molecule has 0 unspecified atom stereocenters. The van der Waals surface area contributed by atoms with Crippen LogP contribution < -0.4 is 10.5 Å². The summed E-state index contributed by atoms with van der Waals surface area (Å²) < 4.78 is 8.56.